The van der Waals surface area contributed by atoms with Crippen molar-refractivity contribution in [2.45, 2.75) is 10.1 Å². The van der Waals surface area contributed by atoms with Crippen LogP contribution in [-0.2, 0) is 4.79 Å². The largest absolute Gasteiger partial charge is 0.345 e. The number of thiazole rings is 1. The maximum Gasteiger partial charge on any atom is 0.240 e. The number of thioether (sulfide) groups is 1. The zero-order chi connectivity index (χ0) is 18.5. The Balaban J connectivity index is 1.49. The zero-order valence-electron chi connectivity index (χ0n) is 14.9. The quantitative estimate of drug-likeness (QED) is 0.603. The van der Waals surface area contributed by atoms with Crippen LogP contribution in [0.25, 0.3) is 0 Å². The molecular weight excluding hydrogens is 374 g/mol. The van der Waals surface area contributed by atoms with Crippen LogP contribution in [0.15, 0.2) is 77.1 Å². The minimum absolute atomic E-state index is 0.189. The molecule has 1 aliphatic heterocycles. The van der Waals surface area contributed by atoms with Crippen LogP contribution in [0.1, 0.15) is 10.8 Å². The van der Waals surface area contributed by atoms with Crippen molar-refractivity contribution >= 4 is 34.1 Å². The maximum atomic E-state index is 13.4. The van der Waals surface area contributed by atoms with Crippen molar-refractivity contribution < 1.29 is 4.79 Å². The average Bonchev–Trinajstić information content (AvgIpc) is 3.28. The molecule has 1 amide bonds. The molecule has 27 heavy (non-hydrogen) atoms. The second kappa shape index (κ2) is 8.59. The lowest BCUT2D eigenvalue weighted by atomic mass is 10.1. The van der Waals surface area contributed by atoms with Crippen molar-refractivity contribution in [3.05, 3.63) is 77.8 Å². The minimum atomic E-state index is -0.222. The third-order valence-corrected chi connectivity index (χ3v) is 6.69. The van der Waals surface area contributed by atoms with Gasteiger partial charge in [0, 0.05) is 42.7 Å². The molecule has 0 spiro atoms. The van der Waals surface area contributed by atoms with Crippen LogP contribution in [0, 0.1) is 0 Å². The molecule has 3 aromatic rings. The number of hydrogen-bond acceptors (Lipinski definition) is 5. The van der Waals surface area contributed by atoms with E-state index in [0.29, 0.717) is 0 Å². The summed E-state index contributed by atoms with van der Waals surface area (Å²) in [6, 6.07) is 20.2. The molecule has 1 aromatic heterocycles. The number of benzene rings is 2. The fraction of sp³-hybridized carbons (Fsp3) is 0.238. The van der Waals surface area contributed by atoms with Gasteiger partial charge < -0.3 is 9.80 Å². The van der Waals surface area contributed by atoms with Crippen LogP contribution in [0.3, 0.4) is 0 Å². The Bertz CT molecular complexity index is 848. The molecule has 1 unspecified atom stereocenters. The van der Waals surface area contributed by atoms with E-state index in [4.69, 9.17) is 0 Å². The molecule has 138 valence electrons. The van der Waals surface area contributed by atoms with Gasteiger partial charge in [0.25, 0.3) is 0 Å². The van der Waals surface area contributed by atoms with Crippen LogP contribution < -0.4 is 4.90 Å². The summed E-state index contributed by atoms with van der Waals surface area (Å²) in [4.78, 5) is 23.1. The third kappa shape index (κ3) is 4.34. The molecule has 0 radical (unpaired) electrons. The summed E-state index contributed by atoms with van der Waals surface area (Å²) in [5.74, 6) is 0.189. The molecule has 0 N–H and O–H groups in total. The second-order valence-electron chi connectivity index (χ2n) is 6.35. The molecule has 4 rings (SSSR count). The van der Waals surface area contributed by atoms with Gasteiger partial charge in [-0.05, 0) is 17.7 Å². The highest BCUT2D eigenvalue weighted by Crippen LogP contribution is 2.37. The number of piperazine rings is 1. The Morgan fingerprint density at radius 2 is 1.63 bits per heavy atom. The van der Waals surface area contributed by atoms with E-state index >= 15 is 0 Å². The van der Waals surface area contributed by atoms with Gasteiger partial charge in [-0.25, -0.2) is 4.98 Å². The van der Waals surface area contributed by atoms with Gasteiger partial charge in [0.1, 0.15) is 5.25 Å². The van der Waals surface area contributed by atoms with E-state index in [9.17, 15) is 4.79 Å². The Labute approximate surface area is 167 Å². The van der Waals surface area contributed by atoms with Gasteiger partial charge in [-0.1, -0.05) is 48.5 Å². The lowest BCUT2D eigenvalue weighted by Crippen LogP contribution is -2.49. The number of hydrogen-bond donors (Lipinski definition) is 0. The summed E-state index contributed by atoms with van der Waals surface area (Å²) in [5.41, 5.74) is 1.05. The summed E-state index contributed by atoms with van der Waals surface area (Å²) < 4.78 is 0. The first-order valence-corrected chi connectivity index (χ1v) is 10.8. The lowest BCUT2D eigenvalue weighted by Gasteiger charge is -2.36. The van der Waals surface area contributed by atoms with Crippen LogP contribution >= 0.6 is 23.1 Å². The van der Waals surface area contributed by atoms with Crippen LogP contribution in [0.2, 0.25) is 0 Å². The minimum Gasteiger partial charge on any atom is -0.345 e. The van der Waals surface area contributed by atoms with E-state index in [1.807, 2.05) is 65.0 Å². The predicted molar refractivity (Wildman–Crippen MR) is 112 cm³/mol. The molecule has 0 aliphatic carbocycles. The highest BCUT2D eigenvalue weighted by molar-refractivity contribution is 8.00. The van der Waals surface area contributed by atoms with Gasteiger partial charge >= 0.3 is 0 Å². The number of carbonyl (C=O) groups excluding carboxylic acids is 1. The smallest absolute Gasteiger partial charge is 0.240 e. The van der Waals surface area contributed by atoms with Gasteiger partial charge in [0.05, 0.1) is 0 Å². The average molecular weight is 396 g/mol. The monoisotopic (exact) mass is 395 g/mol. The van der Waals surface area contributed by atoms with Gasteiger partial charge in [-0.2, -0.15) is 0 Å². The first-order valence-electron chi connectivity index (χ1n) is 9.01. The predicted octanol–water partition coefficient (Wildman–Crippen LogP) is 4.33. The SMILES string of the molecule is O=C(C(Sc1ccccc1)c1ccccc1)N1CCN(c2nccs2)CC1. The molecular formula is C21H21N3OS2. The number of rotatable bonds is 5. The lowest BCUT2D eigenvalue weighted by molar-refractivity contribution is -0.131. The standard InChI is InChI=1S/C21H21N3OS2/c25-20(23-12-14-24(15-13-23)21-22-11-16-26-21)19(17-7-3-1-4-8-17)27-18-9-5-2-6-10-18/h1-11,16,19H,12-15H2. The molecule has 2 aromatic carbocycles. The first-order chi connectivity index (χ1) is 13.3. The van der Waals surface area contributed by atoms with E-state index in [2.05, 4.69) is 22.0 Å². The summed E-state index contributed by atoms with van der Waals surface area (Å²) >= 11 is 3.28. The molecule has 1 fully saturated rings. The van der Waals surface area contributed by atoms with Crippen molar-refractivity contribution in [2.24, 2.45) is 0 Å². The molecule has 0 saturated carbocycles. The van der Waals surface area contributed by atoms with E-state index in [1.165, 1.54) is 0 Å². The normalized spacial score (nSPS) is 15.6. The number of carbonyl (C=O) groups is 1. The van der Waals surface area contributed by atoms with Crippen molar-refractivity contribution in [2.75, 3.05) is 31.1 Å². The topological polar surface area (TPSA) is 36.4 Å². The molecule has 1 saturated heterocycles. The van der Waals surface area contributed by atoms with Gasteiger partial charge in [-0.15, -0.1) is 23.1 Å². The van der Waals surface area contributed by atoms with Crippen LogP contribution in [0.4, 0.5) is 5.13 Å². The maximum absolute atomic E-state index is 13.4. The highest BCUT2D eigenvalue weighted by atomic mass is 32.2. The van der Waals surface area contributed by atoms with Gasteiger partial charge in [0.2, 0.25) is 5.91 Å². The molecule has 2 heterocycles. The molecule has 1 atom stereocenters. The number of anilines is 1. The highest BCUT2D eigenvalue weighted by Gasteiger charge is 2.29. The zero-order valence-corrected chi connectivity index (χ0v) is 16.5. The number of nitrogens with zero attached hydrogens (tertiary/aromatic N) is 3. The Kier molecular flexibility index (Phi) is 5.75. The van der Waals surface area contributed by atoms with Crippen molar-refractivity contribution in [3.63, 3.8) is 0 Å². The Morgan fingerprint density at radius 3 is 2.26 bits per heavy atom. The summed E-state index contributed by atoms with van der Waals surface area (Å²) in [6.45, 7) is 3.13. The first kappa shape index (κ1) is 18.1. The third-order valence-electron chi connectivity index (χ3n) is 4.60. The number of amides is 1. The molecule has 1 aliphatic rings. The Hall–Kier alpha value is -2.31. The van der Waals surface area contributed by atoms with E-state index in [-0.39, 0.29) is 11.2 Å². The fourth-order valence-electron chi connectivity index (χ4n) is 3.18. The summed E-state index contributed by atoms with van der Waals surface area (Å²) in [6.07, 6.45) is 1.83. The Morgan fingerprint density at radius 1 is 0.963 bits per heavy atom. The van der Waals surface area contributed by atoms with Crippen molar-refractivity contribution in [3.8, 4) is 0 Å². The number of aromatic nitrogens is 1. The molecule has 6 heteroatoms. The second-order valence-corrected chi connectivity index (χ2v) is 8.40. The van der Waals surface area contributed by atoms with E-state index < -0.39 is 0 Å². The van der Waals surface area contributed by atoms with E-state index in [1.54, 1.807) is 23.1 Å². The molecule has 0 bridgehead atoms. The van der Waals surface area contributed by atoms with Crippen molar-refractivity contribution in [1.82, 2.24) is 9.88 Å². The van der Waals surface area contributed by atoms with Crippen molar-refractivity contribution in [1.29, 1.82) is 0 Å². The summed E-state index contributed by atoms with van der Waals surface area (Å²) in [5, 5.41) is 2.81. The van der Waals surface area contributed by atoms with E-state index in [0.717, 1.165) is 41.8 Å². The fourth-order valence-corrected chi connectivity index (χ4v) is 5.01. The van der Waals surface area contributed by atoms with Crippen LogP contribution in [0.5, 0.6) is 0 Å². The van der Waals surface area contributed by atoms with Gasteiger partial charge in [0.15, 0.2) is 5.13 Å². The summed E-state index contributed by atoms with van der Waals surface area (Å²) in [7, 11) is 0. The molecule has 4 nitrogen and oxygen atoms in total. The van der Waals surface area contributed by atoms with Crippen LogP contribution in [-0.4, -0.2) is 42.0 Å². The van der Waals surface area contributed by atoms with Gasteiger partial charge in [-0.3, -0.25) is 4.79 Å².